The molecule has 2 aromatic rings. The summed E-state index contributed by atoms with van der Waals surface area (Å²) in [5.41, 5.74) is 6.65. The van der Waals surface area contributed by atoms with E-state index < -0.39 is 0 Å². The smallest absolute Gasteiger partial charge is 0.392 e. The fraction of sp³-hybridized carbons (Fsp3) is 0.412. The number of hydrogen-bond donors (Lipinski definition) is 2. The number of benzene rings is 1. The molecule has 0 unspecified atom stereocenters. The van der Waals surface area contributed by atoms with Gasteiger partial charge in [0.25, 0.3) is 0 Å². The van der Waals surface area contributed by atoms with Gasteiger partial charge in [0.2, 0.25) is 5.88 Å². The molecule has 122 valence electrons. The van der Waals surface area contributed by atoms with Crippen LogP contribution in [0.2, 0.25) is 0 Å². The molecule has 0 radical (unpaired) electrons. The zero-order valence-electron chi connectivity index (χ0n) is 13.1. The lowest BCUT2D eigenvalue weighted by molar-refractivity contribution is 0.111. The summed E-state index contributed by atoms with van der Waals surface area (Å²) in [6, 6.07) is 11.7. The second-order valence-electron chi connectivity index (χ2n) is 5.93. The fourth-order valence-corrected chi connectivity index (χ4v) is 3.04. The number of carbonyl (C=O) groups excluding carboxylic acids is 1. The van der Waals surface area contributed by atoms with Gasteiger partial charge in [0, 0.05) is 18.7 Å². The quantitative estimate of drug-likeness (QED) is 0.906. The Labute approximate surface area is 135 Å². The number of anilines is 1. The second-order valence-corrected chi connectivity index (χ2v) is 5.93. The number of ether oxygens (including phenoxy) is 1. The number of nitrogen functional groups attached to an aromatic ring is 1. The van der Waals surface area contributed by atoms with Gasteiger partial charge in [-0.05, 0) is 18.4 Å². The van der Waals surface area contributed by atoms with Crippen LogP contribution in [0.15, 0.2) is 36.4 Å². The summed E-state index contributed by atoms with van der Waals surface area (Å²) < 4.78 is 5.41. The molecule has 6 nitrogen and oxygen atoms in total. The van der Waals surface area contributed by atoms with Crippen molar-refractivity contribution in [3.63, 3.8) is 0 Å². The molecule has 1 aromatic carbocycles. The molecular weight excluding hydrogens is 292 g/mol. The molecule has 1 aliphatic rings. The Balaban J connectivity index is 1.74. The van der Waals surface area contributed by atoms with Gasteiger partial charge in [-0.2, -0.15) is 5.10 Å². The van der Waals surface area contributed by atoms with E-state index in [0.29, 0.717) is 12.4 Å². The third-order valence-electron chi connectivity index (χ3n) is 4.22. The minimum atomic E-state index is -0.357. The number of rotatable bonds is 4. The maximum atomic E-state index is 12.6. The fourth-order valence-electron chi connectivity index (χ4n) is 3.04. The molecule has 0 saturated heterocycles. The van der Waals surface area contributed by atoms with Gasteiger partial charge in [-0.3, -0.25) is 0 Å². The van der Waals surface area contributed by atoms with E-state index in [2.05, 4.69) is 10.2 Å². The summed E-state index contributed by atoms with van der Waals surface area (Å²) in [4.78, 5) is 14.5. The van der Waals surface area contributed by atoms with Crippen molar-refractivity contribution >= 4 is 11.9 Å². The highest BCUT2D eigenvalue weighted by Crippen LogP contribution is 2.25. The predicted octanol–water partition coefficient (Wildman–Crippen LogP) is 3.33. The molecule has 1 heterocycles. The zero-order chi connectivity index (χ0) is 16.1. The van der Waals surface area contributed by atoms with Gasteiger partial charge in [-0.25, -0.2) is 9.89 Å². The molecule has 1 saturated carbocycles. The topological polar surface area (TPSA) is 84.2 Å². The van der Waals surface area contributed by atoms with E-state index >= 15 is 0 Å². The van der Waals surface area contributed by atoms with Gasteiger partial charge in [0.1, 0.15) is 5.82 Å². The van der Waals surface area contributed by atoms with Crippen LogP contribution in [0, 0.1) is 0 Å². The number of amides is 1. The normalized spacial score (nSPS) is 15.3. The predicted molar refractivity (Wildman–Crippen MR) is 87.9 cm³/mol. The first-order valence-electron chi connectivity index (χ1n) is 8.05. The van der Waals surface area contributed by atoms with E-state index in [1.54, 1.807) is 0 Å². The summed E-state index contributed by atoms with van der Waals surface area (Å²) in [5, 5.41) is 6.40. The molecular formula is C17H22N4O2. The average Bonchev–Trinajstić information content (AvgIpc) is 2.99. The van der Waals surface area contributed by atoms with Gasteiger partial charge in [0.15, 0.2) is 0 Å². The monoisotopic (exact) mass is 314 g/mol. The summed E-state index contributed by atoms with van der Waals surface area (Å²) in [5.74, 6) is 0.585. The largest absolute Gasteiger partial charge is 0.417 e. The molecule has 1 amide bonds. The van der Waals surface area contributed by atoms with Crippen molar-refractivity contribution in [1.29, 1.82) is 0 Å². The first-order chi connectivity index (χ1) is 11.2. The Kier molecular flexibility index (Phi) is 4.80. The first kappa shape index (κ1) is 15.4. The molecule has 0 spiro atoms. The lowest BCUT2D eigenvalue weighted by atomic mass is 9.94. The standard InChI is InChI=1S/C17H22N4O2/c18-15-11-16(20-19-15)23-17(22)21(14-9-5-2-6-10-14)12-13-7-3-1-4-8-13/h1,3-4,7-8,11,14H,2,5-6,9-10,12H2,(H3,18,19,20). The van der Waals surface area contributed by atoms with E-state index in [-0.39, 0.29) is 18.0 Å². The van der Waals surface area contributed by atoms with Crippen LogP contribution in [0.5, 0.6) is 5.88 Å². The Morgan fingerprint density at radius 2 is 2.00 bits per heavy atom. The van der Waals surface area contributed by atoms with Crippen LogP contribution in [0.25, 0.3) is 0 Å². The Hall–Kier alpha value is -2.50. The number of aromatic amines is 1. The lowest BCUT2D eigenvalue weighted by Gasteiger charge is -2.33. The molecule has 0 bridgehead atoms. The van der Waals surface area contributed by atoms with Crippen LogP contribution in [-0.4, -0.2) is 27.2 Å². The van der Waals surface area contributed by atoms with E-state index in [1.807, 2.05) is 35.2 Å². The highest BCUT2D eigenvalue weighted by molar-refractivity contribution is 5.71. The molecule has 1 aliphatic carbocycles. The summed E-state index contributed by atoms with van der Waals surface area (Å²) in [6.45, 7) is 0.550. The Bertz CT molecular complexity index is 635. The lowest BCUT2D eigenvalue weighted by Crippen LogP contribution is -2.42. The van der Waals surface area contributed by atoms with Crippen molar-refractivity contribution in [3.8, 4) is 5.88 Å². The third-order valence-corrected chi connectivity index (χ3v) is 4.22. The van der Waals surface area contributed by atoms with Crippen LogP contribution in [0.4, 0.5) is 10.6 Å². The van der Waals surface area contributed by atoms with E-state index in [9.17, 15) is 4.79 Å². The van der Waals surface area contributed by atoms with Crippen LogP contribution in [0.1, 0.15) is 37.7 Å². The van der Waals surface area contributed by atoms with Gasteiger partial charge >= 0.3 is 6.09 Å². The van der Waals surface area contributed by atoms with Crippen molar-refractivity contribution in [2.75, 3.05) is 5.73 Å². The van der Waals surface area contributed by atoms with Crippen LogP contribution in [-0.2, 0) is 6.54 Å². The van der Waals surface area contributed by atoms with Crippen LogP contribution < -0.4 is 10.5 Å². The maximum Gasteiger partial charge on any atom is 0.417 e. The molecule has 3 rings (SSSR count). The molecule has 6 heteroatoms. The van der Waals surface area contributed by atoms with Crippen LogP contribution in [0.3, 0.4) is 0 Å². The van der Waals surface area contributed by atoms with Gasteiger partial charge in [-0.1, -0.05) is 49.6 Å². The number of carbonyl (C=O) groups is 1. The summed E-state index contributed by atoms with van der Waals surface area (Å²) in [7, 11) is 0. The Morgan fingerprint density at radius 3 is 2.65 bits per heavy atom. The van der Waals surface area contributed by atoms with Crippen molar-refractivity contribution in [1.82, 2.24) is 15.1 Å². The summed E-state index contributed by atoms with van der Waals surface area (Å²) >= 11 is 0. The van der Waals surface area contributed by atoms with Crippen molar-refractivity contribution in [3.05, 3.63) is 42.0 Å². The molecule has 1 fully saturated rings. The van der Waals surface area contributed by atoms with E-state index in [0.717, 1.165) is 31.2 Å². The van der Waals surface area contributed by atoms with E-state index in [4.69, 9.17) is 10.5 Å². The highest BCUT2D eigenvalue weighted by atomic mass is 16.6. The highest BCUT2D eigenvalue weighted by Gasteiger charge is 2.27. The average molecular weight is 314 g/mol. The van der Waals surface area contributed by atoms with Crippen LogP contribution >= 0.6 is 0 Å². The van der Waals surface area contributed by atoms with Crippen molar-refractivity contribution in [2.45, 2.75) is 44.7 Å². The number of aromatic nitrogens is 2. The first-order valence-corrected chi connectivity index (χ1v) is 8.05. The third kappa shape index (κ3) is 4.03. The summed E-state index contributed by atoms with van der Waals surface area (Å²) in [6.07, 6.45) is 5.23. The number of nitrogens with zero attached hydrogens (tertiary/aromatic N) is 2. The SMILES string of the molecule is Nc1cc(OC(=O)N(Cc2ccccc2)C2CCCCC2)[nH]n1. The maximum absolute atomic E-state index is 12.6. The molecule has 0 aliphatic heterocycles. The van der Waals surface area contributed by atoms with Gasteiger partial charge in [-0.15, -0.1) is 0 Å². The minimum absolute atomic E-state index is 0.219. The van der Waals surface area contributed by atoms with Crippen molar-refractivity contribution < 1.29 is 9.53 Å². The minimum Gasteiger partial charge on any atom is -0.392 e. The molecule has 1 aromatic heterocycles. The molecule has 23 heavy (non-hydrogen) atoms. The number of hydrogen-bond acceptors (Lipinski definition) is 4. The number of H-pyrrole nitrogens is 1. The molecule has 3 N–H and O–H groups in total. The van der Waals surface area contributed by atoms with Gasteiger partial charge < -0.3 is 15.4 Å². The zero-order valence-corrected chi connectivity index (χ0v) is 13.1. The van der Waals surface area contributed by atoms with E-state index in [1.165, 1.54) is 12.5 Å². The van der Waals surface area contributed by atoms with Gasteiger partial charge in [0.05, 0.1) is 0 Å². The number of nitrogens with one attached hydrogen (secondary N) is 1. The second kappa shape index (κ2) is 7.17. The van der Waals surface area contributed by atoms with Crippen molar-refractivity contribution in [2.24, 2.45) is 0 Å². The molecule has 0 atom stereocenters. The Morgan fingerprint density at radius 1 is 1.26 bits per heavy atom. The number of nitrogens with two attached hydrogens (primary N) is 1.